The Bertz CT molecular complexity index is 1080. The van der Waals surface area contributed by atoms with Crippen molar-refractivity contribution in [1.29, 1.82) is 0 Å². The van der Waals surface area contributed by atoms with Crippen molar-refractivity contribution in [2.45, 2.75) is 19.1 Å². The van der Waals surface area contributed by atoms with Gasteiger partial charge in [0.2, 0.25) is 5.91 Å². The maximum Gasteiger partial charge on any atom is 0.254 e. The van der Waals surface area contributed by atoms with Crippen LogP contribution in [0.4, 0.5) is 0 Å². The SMILES string of the molecule is COCc1ccc(C(=O)N2CCN(C)C(=O)C2Cc2ccccc2-c2cccnc2)cc1. The van der Waals surface area contributed by atoms with Crippen LogP contribution in [0.25, 0.3) is 11.1 Å². The first-order valence-electron chi connectivity index (χ1n) is 10.7. The summed E-state index contributed by atoms with van der Waals surface area (Å²) in [5, 5.41) is 0. The quantitative estimate of drug-likeness (QED) is 0.602. The lowest BCUT2D eigenvalue weighted by atomic mass is 9.93. The van der Waals surface area contributed by atoms with E-state index in [0.29, 0.717) is 31.7 Å². The number of likely N-dealkylation sites (N-methyl/N-ethyl adjacent to an activating group) is 1. The molecule has 1 aromatic heterocycles. The topological polar surface area (TPSA) is 62.7 Å². The number of carbonyl (C=O) groups excluding carboxylic acids is 2. The molecule has 2 amide bonds. The molecule has 0 saturated carbocycles. The van der Waals surface area contributed by atoms with Crippen molar-refractivity contribution in [1.82, 2.24) is 14.8 Å². The van der Waals surface area contributed by atoms with Crippen LogP contribution in [0.3, 0.4) is 0 Å². The Morgan fingerprint density at radius 1 is 1.06 bits per heavy atom. The molecule has 1 fully saturated rings. The van der Waals surface area contributed by atoms with Gasteiger partial charge >= 0.3 is 0 Å². The average molecular weight is 430 g/mol. The Morgan fingerprint density at radius 2 is 1.84 bits per heavy atom. The minimum absolute atomic E-state index is 0.0402. The maximum atomic E-state index is 13.4. The number of ether oxygens (including phenoxy) is 1. The van der Waals surface area contributed by atoms with Crippen molar-refractivity contribution in [3.05, 3.63) is 89.7 Å². The lowest BCUT2D eigenvalue weighted by Gasteiger charge is -2.39. The second kappa shape index (κ2) is 9.75. The number of hydrogen-bond donors (Lipinski definition) is 0. The van der Waals surface area contributed by atoms with Gasteiger partial charge in [0.1, 0.15) is 6.04 Å². The standard InChI is InChI=1S/C26H27N3O3/c1-28-14-15-29(25(30)20-11-9-19(10-12-20)18-32-2)24(26(28)31)16-21-6-3-4-8-23(21)22-7-5-13-27-17-22/h3-13,17,24H,14-16,18H2,1-2H3. The van der Waals surface area contributed by atoms with Crippen molar-refractivity contribution in [2.75, 3.05) is 27.2 Å². The van der Waals surface area contributed by atoms with Crippen molar-refractivity contribution >= 4 is 11.8 Å². The van der Waals surface area contributed by atoms with Gasteiger partial charge in [-0.2, -0.15) is 0 Å². The molecular formula is C26H27N3O3. The molecule has 2 aromatic carbocycles. The van der Waals surface area contributed by atoms with E-state index in [1.165, 1.54) is 0 Å². The Kier molecular flexibility index (Phi) is 6.61. The van der Waals surface area contributed by atoms with Crippen LogP contribution in [0.5, 0.6) is 0 Å². The van der Waals surface area contributed by atoms with Gasteiger partial charge in [0.05, 0.1) is 6.61 Å². The van der Waals surface area contributed by atoms with Crippen LogP contribution in [-0.2, 0) is 22.6 Å². The molecule has 0 bridgehead atoms. The highest BCUT2D eigenvalue weighted by Gasteiger charge is 2.36. The molecule has 4 rings (SSSR count). The van der Waals surface area contributed by atoms with E-state index in [9.17, 15) is 9.59 Å². The average Bonchev–Trinajstić information content (AvgIpc) is 2.83. The normalized spacial score (nSPS) is 16.3. The van der Waals surface area contributed by atoms with Gasteiger partial charge in [0.25, 0.3) is 5.91 Å². The molecule has 164 valence electrons. The Morgan fingerprint density at radius 3 is 2.56 bits per heavy atom. The van der Waals surface area contributed by atoms with Gasteiger partial charge in [-0.3, -0.25) is 14.6 Å². The van der Waals surface area contributed by atoms with E-state index in [0.717, 1.165) is 22.3 Å². The number of methoxy groups -OCH3 is 1. The summed E-state index contributed by atoms with van der Waals surface area (Å²) in [6.45, 7) is 1.52. The van der Waals surface area contributed by atoms with Crippen LogP contribution < -0.4 is 0 Å². The van der Waals surface area contributed by atoms with Gasteiger partial charge in [-0.1, -0.05) is 42.5 Å². The van der Waals surface area contributed by atoms with E-state index in [1.807, 2.05) is 54.7 Å². The zero-order chi connectivity index (χ0) is 22.5. The first kappa shape index (κ1) is 21.7. The van der Waals surface area contributed by atoms with Gasteiger partial charge in [0.15, 0.2) is 0 Å². The van der Waals surface area contributed by atoms with Crippen LogP contribution in [0.1, 0.15) is 21.5 Å². The molecule has 0 aliphatic carbocycles. The smallest absolute Gasteiger partial charge is 0.254 e. The molecule has 2 heterocycles. The molecule has 1 saturated heterocycles. The molecule has 3 aromatic rings. The fraction of sp³-hybridized carbons (Fsp3) is 0.269. The van der Waals surface area contributed by atoms with Crippen LogP contribution in [0, 0.1) is 0 Å². The number of rotatable bonds is 6. The van der Waals surface area contributed by atoms with E-state index in [4.69, 9.17) is 4.74 Å². The van der Waals surface area contributed by atoms with E-state index < -0.39 is 6.04 Å². The monoisotopic (exact) mass is 429 g/mol. The summed E-state index contributed by atoms with van der Waals surface area (Å²) in [4.78, 5) is 34.2. The Hall–Kier alpha value is -3.51. The number of aromatic nitrogens is 1. The molecule has 6 nitrogen and oxygen atoms in total. The van der Waals surface area contributed by atoms with E-state index in [-0.39, 0.29) is 11.8 Å². The summed E-state index contributed by atoms with van der Waals surface area (Å²) in [5.41, 5.74) is 4.61. The lowest BCUT2D eigenvalue weighted by Crippen LogP contribution is -2.58. The molecule has 0 N–H and O–H groups in total. The summed E-state index contributed by atoms with van der Waals surface area (Å²) >= 11 is 0. The second-order valence-electron chi connectivity index (χ2n) is 8.01. The van der Waals surface area contributed by atoms with Crippen molar-refractivity contribution in [3.63, 3.8) is 0 Å². The second-order valence-corrected chi connectivity index (χ2v) is 8.01. The molecule has 0 spiro atoms. The number of carbonyl (C=O) groups is 2. The van der Waals surface area contributed by atoms with Crippen molar-refractivity contribution in [2.24, 2.45) is 0 Å². The predicted molar refractivity (Wildman–Crippen MR) is 123 cm³/mol. The van der Waals surface area contributed by atoms with Gasteiger partial charge in [0, 0.05) is 57.2 Å². The summed E-state index contributed by atoms with van der Waals surface area (Å²) < 4.78 is 5.15. The Balaban J connectivity index is 1.63. The highest BCUT2D eigenvalue weighted by atomic mass is 16.5. The lowest BCUT2D eigenvalue weighted by molar-refractivity contribution is -0.138. The summed E-state index contributed by atoms with van der Waals surface area (Å²) in [7, 11) is 3.44. The highest BCUT2D eigenvalue weighted by Crippen LogP contribution is 2.27. The molecule has 1 atom stereocenters. The molecule has 1 unspecified atom stereocenters. The van der Waals surface area contributed by atoms with Gasteiger partial charge in [-0.25, -0.2) is 0 Å². The largest absolute Gasteiger partial charge is 0.380 e. The summed E-state index contributed by atoms with van der Waals surface area (Å²) in [5.74, 6) is -0.166. The van der Waals surface area contributed by atoms with Gasteiger partial charge in [-0.05, 0) is 34.9 Å². The zero-order valence-electron chi connectivity index (χ0n) is 18.4. The molecule has 1 aliphatic rings. The minimum atomic E-state index is -0.558. The van der Waals surface area contributed by atoms with Crippen LogP contribution >= 0.6 is 0 Å². The third-order valence-corrected chi connectivity index (χ3v) is 5.89. The first-order valence-corrected chi connectivity index (χ1v) is 10.7. The molecular weight excluding hydrogens is 402 g/mol. The number of benzene rings is 2. The fourth-order valence-corrected chi connectivity index (χ4v) is 4.14. The highest BCUT2D eigenvalue weighted by molar-refractivity contribution is 5.98. The van der Waals surface area contributed by atoms with Gasteiger partial charge < -0.3 is 14.5 Å². The summed E-state index contributed by atoms with van der Waals surface area (Å²) in [6.07, 6.45) is 4.00. The van der Waals surface area contributed by atoms with Crippen molar-refractivity contribution < 1.29 is 14.3 Å². The van der Waals surface area contributed by atoms with Crippen molar-refractivity contribution in [3.8, 4) is 11.1 Å². The van der Waals surface area contributed by atoms with E-state index in [2.05, 4.69) is 4.98 Å². The molecule has 32 heavy (non-hydrogen) atoms. The predicted octanol–water partition coefficient (Wildman–Crippen LogP) is 3.42. The number of nitrogens with zero attached hydrogens (tertiary/aromatic N) is 3. The number of piperazine rings is 1. The van der Waals surface area contributed by atoms with Gasteiger partial charge in [-0.15, -0.1) is 0 Å². The third kappa shape index (κ3) is 4.55. The number of hydrogen-bond acceptors (Lipinski definition) is 4. The molecule has 6 heteroatoms. The molecule has 0 radical (unpaired) electrons. The first-order chi connectivity index (χ1) is 15.6. The Labute approximate surface area is 188 Å². The van der Waals surface area contributed by atoms with Crippen LogP contribution in [-0.4, -0.2) is 59.9 Å². The fourth-order valence-electron chi connectivity index (χ4n) is 4.14. The summed E-state index contributed by atoms with van der Waals surface area (Å²) in [6, 6.07) is 18.7. The zero-order valence-corrected chi connectivity index (χ0v) is 18.4. The molecule has 1 aliphatic heterocycles. The maximum absolute atomic E-state index is 13.4. The third-order valence-electron chi connectivity index (χ3n) is 5.89. The van der Waals surface area contributed by atoms with E-state index >= 15 is 0 Å². The number of amides is 2. The minimum Gasteiger partial charge on any atom is -0.380 e. The number of pyridine rings is 1. The van der Waals surface area contributed by atoms with Crippen LogP contribution in [0.2, 0.25) is 0 Å². The van der Waals surface area contributed by atoms with Crippen LogP contribution in [0.15, 0.2) is 73.1 Å². The van der Waals surface area contributed by atoms with E-state index in [1.54, 1.807) is 42.3 Å².